The third-order valence-electron chi connectivity index (χ3n) is 5.53. The van der Waals surface area contributed by atoms with Crippen LogP contribution in [0, 0.1) is 4.91 Å². The average molecular weight is 500 g/mol. The van der Waals surface area contributed by atoms with Crippen molar-refractivity contribution in [3.63, 3.8) is 0 Å². The standard InChI is InChI=1S/C21H23Cl2N3O5S/c22-15-10-16(23)12-19(11-15)31-20-4-3-17(24-27)13-21(20)32(28,29)26-7-5-25(6-8-26)14-18-2-1-9-30-18/h3-4,10-13,18H,1-2,5-9,14H2. The Labute approximate surface area is 197 Å². The van der Waals surface area contributed by atoms with Crippen LogP contribution in [0.4, 0.5) is 5.69 Å². The first-order chi connectivity index (χ1) is 15.3. The normalized spacial score (nSPS) is 20.4. The van der Waals surface area contributed by atoms with Gasteiger partial charge in [-0.05, 0) is 54.4 Å². The SMILES string of the molecule is O=Nc1ccc(Oc2cc(Cl)cc(Cl)c2)c(S(=O)(=O)N2CCN(CC3CCCO3)CC2)c1. The summed E-state index contributed by atoms with van der Waals surface area (Å²) in [7, 11) is -3.93. The molecule has 2 aliphatic heterocycles. The zero-order valence-electron chi connectivity index (χ0n) is 17.2. The molecule has 0 spiro atoms. The van der Waals surface area contributed by atoms with Crippen LogP contribution in [0.1, 0.15) is 12.8 Å². The summed E-state index contributed by atoms with van der Waals surface area (Å²) in [6, 6.07) is 8.63. The molecule has 8 nitrogen and oxygen atoms in total. The summed E-state index contributed by atoms with van der Waals surface area (Å²) in [6.45, 7) is 3.46. The summed E-state index contributed by atoms with van der Waals surface area (Å²) >= 11 is 12.1. The van der Waals surface area contributed by atoms with Gasteiger partial charge in [-0.2, -0.15) is 4.31 Å². The van der Waals surface area contributed by atoms with Crippen molar-refractivity contribution in [3.8, 4) is 11.5 Å². The van der Waals surface area contributed by atoms with Crippen LogP contribution in [-0.4, -0.2) is 63.1 Å². The van der Waals surface area contributed by atoms with Crippen molar-refractivity contribution in [1.82, 2.24) is 9.21 Å². The van der Waals surface area contributed by atoms with Crippen LogP contribution >= 0.6 is 23.2 Å². The Bertz CT molecular complexity index is 1060. The number of hydrogen-bond acceptors (Lipinski definition) is 7. The molecular formula is C21H23Cl2N3O5S. The molecule has 0 radical (unpaired) electrons. The van der Waals surface area contributed by atoms with Gasteiger partial charge in [-0.15, -0.1) is 4.91 Å². The highest BCUT2D eigenvalue weighted by Crippen LogP contribution is 2.36. The Morgan fingerprint density at radius 2 is 1.78 bits per heavy atom. The first-order valence-corrected chi connectivity index (χ1v) is 12.5. The maximum Gasteiger partial charge on any atom is 0.246 e. The smallest absolute Gasteiger partial charge is 0.246 e. The molecule has 2 aromatic rings. The van der Waals surface area contributed by atoms with Gasteiger partial charge >= 0.3 is 0 Å². The predicted molar refractivity (Wildman–Crippen MR) is 123 cm³/mol. The molecule has 2 heterocycles. The second-order valence-corrected chi connectivity index (χ2v) is 10.5. The summed E-state index contributed by atoms with van der Waals surface area (Å²) < 4.78 is 39.8. The molecule has 0 aromatic heterocycles. The quantitative estimate of drug-likeness (QED) is 0.514. The van der Waals surface area contributed by atoms with Gasteiger partial charge in [0.1, 0.15) is 22.1 Å². The number of piperazine rings is 1. The van der Waals surface area contributed by atoms with E-state index in [0.717, 1.165) is 26.0 Å². The van der Waals surface area contributed by atoms with E-state index in [0.29, 0.717) is 36.2 Å². The van der Waals surface area contributed by atoms with Crippen molar-refractivity contribution < 1.29 is 17.9 Å². The van der Waals surface area contributed by atoms with Crippen molar-refractivity contribution in [2.75, 3.05) is 39.3 Å². The van der Waals surface area contributed by atoms with Crippen molar-refractivity contribution >= 4 is 38.9 Å². The van der Waals surface area contributed by atoms with Gasteiger partial charge in [-0.1, -0.05) is 23.2 Å². The molecule has 2 aromatic carbocycles. The van der Waals surface area contributed by atoms with Gasteiger partial charge in [0.05, 0.1) is 6.10 Å². The van der Waals surface area contributed by atoms with Gasteiger partial charge in [0.15, 0.2) is 0 Å². The number of nitrogens with zero attached hydrogens (tertiary/aromatic N) is 3. The highest BCUT2D eigenvalue weighted by atomic mass is 35.5. The molecule has 2 fully saturated rings. The first-order valence-electron chi connectivity index (χ1n) is 10.3. The number of rotatable bonds is 7. The Kier molecular flexibility index (Phi) is 7.34. The molecule has 1 unspecified atom stereocenters. The second kappa shape index (κ2) is 10.0. The van der Waals surface area contributed by atoms with Crippen LogP contribution in [0.2, 0.25) is 10.0 Å². The fourth-order valence-corrected chi connectivity index (χ4v) is 5.98. The molecule has 0 aliphatic carbocycles. The van der Waals surface area contributed by atoms with Crippen molar-refractivity contribution in [3.05, 3.63) is 51.4 Å². The molecule has 172 valence electrons. The summed E-state index contributed by atoms with van der Waals surface area (Å²) in [6.07, 6.45) is 2.33. The van der Waals surface area contributed by atoms with Crippen molar-refractivity contribution in [2.24, 2.45) is 5.18 Å². The monoisotopic (exact) mass is 499 g/mol. The van der Waals surface area contributed by atoms with E-state index in [1.165, 1.54) is 34.6 Å². The lowest BCUT2D eigenvalue weighted by atomic mass is 10.2. The molecule has 32 heavy (non-hydrogen) atoms. The average Bonchev–Trinajstić information content (AvgIpc) is 3.26. The maximum absolute atomic E-state index is 13.5. The van der Waals surface area contributed by atoms with Gasteiger partial charge in [0.25, 0.3) is 0 Å². The molecule has 1 atom stereocenters. The lowest BCUT2D eigenvalue weighted by Gasteiger charge is -2.35. The lowest BCUT2D eigenvalue weighted by Crippen LogP contribution is -2.50. The van der Waals surface area contributed by atoms with Crippen LogP contribution < -0.4 is 4.74 Å². The van der Waals surface area contributed by atoms with Gasteiger partial charge in [0, 0.05) is 49.4 Å². The number of sulfonamides is 1. The minimum Gasteiger partial charge on any atom is -0.456 e. The minimum atomic E-state index is -3.93. The lowest BCUT2D eigenvalue weighted by molar-refractivity contribution is 0.0617. The van der Waals surface area contributed by atoms with Crippen LogP contribution in [0.3, 0.4) is 0 Å². The number of halogens is 2. The highest BCUT2D eigenvalue weighted by Gasteiger charge is 2.32. The molecule has 4 rings (SSSR count). The van der Waals surface area contributed by atoms with Crippen molar-refractivity contribution in [1.29, 1.82) is 0 Å². The van der Waals surface area contributed by atoms with E-state index in [4.69, 9.17) is 32.7 Å². The third-order valence-corrected chi connectivity index (χ3v) is 7.89. The number of hydrogen-bond donors (Lipinski definition) is 0. The van der Waals surface area contributed by atoms with E-state index in [-0.39, 0.29) is 28.2 Å². The molecule has 0 N–H and O–H groups in total. The Morgan fingerprint density at radius 1 is 1.06 bits per heavy atom. The Hall–Kier alpha value is -1.75. The van der Waals surface area contributed by atoms with Gasteiger partial charge in [0.2, 0.25) is 10.0 Å². The summed E-state index contributed by atoms with van der Waals surface area (Å²) in [5.74, 6) is 0.352. The number of ether oxygens (including phenoxy) is 2. The molecule has 11 heteroatoms. The molecular weight excluding hydrogens is 477 g/mol. The number of nitroso groups, excluding NO2 is 1. The van der Waals surface area contributed by atoms with E-state index in [2.05, 4.69) is 10.1 Å². The van der Waals surface area contributed by atoms with E-state index in [9.17, 15) is 13.3 Å². The maximum atomic E-state index is 13.5. The third kappa shape index (κ3) is 5.41. The van der Waals surface area contributed by atoms with Gasteiger partial charge in [-0.25, -0.2) is 8.42 Å². The van der Waals surface area contributed by atoms with E-state index in [1.54, 1.807) is 6.07 Å². The van der Waals surface area contributed by atoms with Gasteiger partial charge in [-0.3, -0.25) is 4.90 Å². The van der Waals surface area contributed by atoms with E-state index >= 15 is 0 Å². The van der Waals surface area contributed by atoms with E-state index < -0.39 is 10.0 Å². The molecule has 0 amide bonds. The molecule has 0 bridgehead atoms. The number of benzene rings is 2. The van der Waals surface area contributed by atoms with Crippen LogP contribution in [-0.2, 0) is 14.8 Å². The first kappa shape index (κ1) is 23.4. The summed E-state index contributed by atoms with van der Waals surface area (Å²) in [4.78, 5) is 13.2. The van der Waals surface area contributed by atoms with Gasteiger partial charge < -0.3 is 9.47 Å². The molecule has 2 saturated heterocycles. The molecule has 2 aliphatic rings. The van der Waals surface area contributed by atoms with Crippen LogP contribution in [0.25, 0.3) is 0 Å². The summed E-state index contributed by atoms with van der Waals surface area (Å²) in [5, 5.41) is 3.59. The second-order valence-electron chi connectivity index (χ2n) is 7.77. The highest BCUT2D eigenvalue weighted by molar-refractivity contribution is 7.89. The fourth-order valence-electron chi connectivity index (χ4n) is 3.92. The largest absolute Gasteiger partial charge is 0.456 e. The van der Waals surface area contributed by atoms with Crippen LogP contribution in [0.5, 0.6) is 11.5 Å². The Morgan fingerprint density at radius 3 is 2.41 bits per heavy atom. The zero-order chi connectivity index (χ0) is 22.7. The van der Waals surface area contributed by atoms with Crippen LogP contribution in [0.15, 0.2) is 46.5 Å². The summed E-state index contributed by atoms with van der Waals surface area (Å²) in [5.41, 5.74) is -0.00271. The van der Waals surface area contributed by atoms with Crippen molar-refractivity contribution in [2.45, 2.75) is 23.8 Å². The minimum absolute atomic E-state index is 0.00271. The predicted octanol–water partition coefficient (Wildman–Crippen LogP) is 4.67. The molecule has 0 saturated carbocycles. The topological polar surface area (TPSA) is 88.5 Å². The zero-order valence-corrected chi connectivity index (χ0v) is 19.6. The van der Waals surface area contributed by atoms with E-state index in [1.807, 2.05) is 0 Å². The fraction of sp³-hybridized carbons (Fsp3) is 0.429. The Balaban J connectivity index is 1.55.